The normalized spacial score (nSPS) is 10.7. The summed E-state index contributed by atoms with van der Waals surface area (Å²) in [5, 5.41) is 10.0. The SMILES string of the molecule is COc1ccc(-c2nc3cc(OC)ccc3[nH]2)c(O)c1. The highest BCUT2D eigenvalue weighted by molar-refractivity contribution is 5.82. The van der Waals surface area contributed by atoms with Crippen molar-refractivity contribution in [3.8, 4) is 28.6 Å². The molecule has 5 heteroatoms. The molecule has 0 aliphatic carbocycles. The summed E-state index contributed by atoms with van der Waals surface area (Å²) in [5.41, 5.74) is 2.30. The molecule has 0 atom stereocenters. The third-order valence-electron chi connectivity index (χ3n) is 3.15. The van der Waals surface area contributed by atoms with Crippen molar-refractivity contribution in [2.24, 2.45) is 0 Å². The number of hydrogen-bond acceptors (Lipinski definition) is 4. The van der Waals surface area contributed by atoms with Gasteiger partial charge in [0, 0.05) is 12.1 Å². The molecular weight excluding hydrogens is 256 g/mol. The van der Waals surface area contributed by atoms with E-state index in [0.717, 1.165) is 16.8 Å². The van der Waals surface area contributed by atoms with E-state index in [0.29, 0.717) is 17.1 Å². The van der Waals surface area contributed by atoms with E-state index in [1.165, 1.54) is 0 Å². The van der Waals surface area contributed by atoms with Crippen LogP contribution in [0.2, 0.25) is 0 Å². The number of methoxy groups -OCH3 is 2. The Morgan fingerprint density at radius 1 is 1.00 bits per heavy atom. The Hall–Kier alpha value is -2.69. The highest BCUT2D eigenvalue weighted by Gasteiger charge is 2.11. The molecule has 1 heterocycles. The van der Waals surface area contributed by atoms with E-state index in [1.54, 1.807) is 32.4 Å². The van der Waals surface area contributed by atoms with Gasteiger partial charge >= 0.3 is 0 Å². The average molecular weight is 270 g/mol. The summed E-state index contributed by atoms with van der Waals surface area (Å²) in [6.45, 7) is 0. The van der Waals surface area contributed by atoms with Gasteiger partial charge in [0.2, 0.25) is 0 Å². The van der Waals surface area contributed by atoms with Crippen LogP contribution < -0.4 is 9.47 Å². The minimum absolute atomic E-state index is 0.121. The maximum absolute atomic E-state index is 10.0. The van der Waals surface area contributed by atoms with Crippen molar-refractivity contribution in [2.45, 2.75) is 0 Å². The van der Waals surface area contributed by atoms with Gasteiger partial charge in [-0.1, -0.05) is 0 Å². The van der Waals surface area contributed by atoms with E-state index in [4.69, 9.17) is 9.47 Å². The first-order valence-electron chi connectivity index (χ1n) is 6.12. The van der Waals surface area contributed by atoms with Gasteiger partial charge in [0.1, 0.15) is 23.1 Å². The van der Waals surface area contributed by atoms with Crippen molar-refractivity contribution < 1.29 is 14.6 Å². The number of fused-ring (bicyclic) bond motifs is 1. The number of H-pyrrole nitrogens is 1. The minimum Gasteiger partial charge on any atom is -0.507 e. The van der Waals surface area contributed by atoms with Crippen molar-refractivity contribution >= 4 is 11.0 Å². The number of ether oxygens (including phenoxy) is 2. The number of benzene rings is 2. The lowest BCUT2D eigenvalue weighted by Crippen LogP contribution is -1.85. The van der Waals surface area contributed by atoms with Gasteiger partial charge in [-0.05, 0) is 24.3 Å². The molecule has 2 N–H and O–H groups in total. The maximum atomic E-state index is 10.0. The Morgan fingerprint density at radius 2 is 1.70 bits per heavy atom. The van der Waals surface area contributed by atoms with E-state index in [1.807, 2.05) is 18.2 Å². The molecular formula is C15H14N2O3. The lowest BCUT2D eigenvalue weighted by molar-refractivity contribution is 0.408. The number of phenols is 1. The molecule has 0 fully saturated rings. The third-order valence-corrected chi connectivity index (χ3v) is 3.15. The van der Waals surface area contributed by atoms with E-state index in [-0.39, 0.29) is 5.75 Å². The van der Waals surface area contributed by atoms with E-state index in [2.05, 4.69) is 9.97 Å². The first kappa shape index (κ1) is 12.3. The second-order valence-electron chi connectivity index (χ2n) is 4.35. The topological polar surface area (TPSA) is 67.4 Å². The molecule has 2 aromatic carbocycles. The molecule has 3 aromatic rings. The number of hydrogen-bond donors (Lipinski definition) is 2. The van der Waals surface area contributed by atoms with E-state index >= 15 is 0 Å². The zero-order chi connectivity index (χ0) is 14.1. The quantitative estimate of drug-likeness (QED) is 0.767. The van der Waals surface area contributed by atoms with Crippen LogP contribution in [0.15, 0.2) is 36.4 Å². The summed E-state index contributed by atoms with van der Waals surface area (Å²) in [4.78, 5) is 7.65. The Kier molecular flexibility index (Phi) is 2.95. The van der Waals surface area contributed by atoms with Crippen molar-refractivity contribution in [2.75, 3.05) is 14.2 Å². The highest BCUT2D eigenvalue weighted by atomic mass is 16.5. The van der Waals surface area contributed by atoms with Crippen molar-refractivity contribution in [3.63, 3.8) is 0 Å². The van der Waals surface area contributed by atoms with Crippen LogP contribution in [0.1, 0.15) is 0 Å². The van der Waals surface area contributed by atoms with Gasteiger partial charge in [-0.25, -0.2) is 4.98 Å². The molecule has 1 aromatic heterocycles. The van der Waals surface area contributed by atoms with Gasteiger partial charge < -0.3 is 19.6 Å². The number of aromatic hydroxyl groups is 1. The molecule has 0 aliphatic heterocycles. The summed E-state index contributed by atoms with van der Waals surface area (Å²) >= 11 is 0. The first-order valence-corrected chi connectivity index (χ1v) is 6.12. The summed E-state index contributed by atoms with van der Waals surface area (Å²) in [6.07, 6.45) is 0. The predicted molar refractivity (Wildman–Crippen MR) is 76.3 cm³/mol. The predicted octanol–water partition coefficient (Wildman–Crippen LogP) is 2.95. The van der Waals surface area contributed by atoms with Gasteiger partial charge in [0.15, 0.2) is 0 Å². The smallest absolute Gasteiger partial charge is 0.142 e. The van der Waals surface area contributed by atoms with Gasteiger partial charge in [0.05, 0.1) is 30.8 Å². The Morgan fingerprint density at radius 3 is 2.40 bits per heavy atom. The van der Waals surface area contributed by atoms with Gasteiger partial charge in [-0.3, -0.25) is 0 Å². The summed E-state index contributed by atoms with van der Waals surface area (Å²) in [7, 11) is 3.17. The summed E-state index contributed by atoms with van der Waals surface area (Å²) < 4.78 is 10.2. The Labute approximate surface area is 115 Å². The molecule has 20 heavy (non-hydrogen) atoms. The van der Waals surface area contributed by atoms with Crippen LogP contribution >= 0.6 is 0 Å². The van der Waals surface area contributed by atoms with Crippen LogP contribution in [0.5, 0.6) is 17.2 Å². The van der Waals surface area contributed by atoms with Gasteiger partial charge in [-0.15, -0.1) is 0 Å². The lowest BCUT2D eigenvalue weighted by Gasteiger charge is -2.04. The van der Waals surface area contributed by atoms with Gasteiger partial charge in [0.25, 0.3) is 0 Å². The second-order valence-corrected chi connectivity index (χ2v) is 4.35. The highest BCUT2D eigenvalue weighted by Crippen LogP contribution is 2.32. The molecule has 0 bridgehead atoms. The zero-order valence-corrected chi connectivity index (χ0v) is 11.2. The first-order chi connectivity index (χ1) is 9.71. The minimum atomic E-state index is 0.121. The largest absolute Gasteiger partial charge is 0.507 e. The molecule has 0 aliphatic rings. The molecule has 0 amide bonds. The van der Waals surface area contributed by atoms with Crippen LogP contribution in [0.3, 0.4) is 0 Å². The van der Waals surface area contributed by atoms with E-state index < -0.39 is 0 Å². The van der Waals surface area contributed by atoms with Crippen LogP contribution in [-0.2, 0) is 0 Å². The number of aromatic amines is 1. The summed E-state index contributed by atoms with van der Waals surface area (Å²) in [5.74, 6) is 2.07. The van der Waals surface area contributed by atoms with Crippen LogP contribution in [0.25, 0.3) is 22.4 Å². The van der Waals surface area contributed by atoms with Crippen LogP contribution in [0, 0.1) is 0 Å². The average Bonchev–Trinajstić information content (AvgIpc) is 2.89. The Bertz CT molecular complexity index is 765. The monoisotopic (exact) mass is 270 g/mol. The van der Waals surface area contributed by atoms with Crippen LogP contribution in [0.4, 0.5) is 0 Å². The molecule has 0 saturated heterocycles. The number of imidazole rings is 1. The molecule has 0 radical (unpaired) electrons. The third kappa shape index (κ3) is 2.03. The lowest BCUT2D eigenvalue weighted by atomic mass is 10.2. The number of phenolic OH excluding ortho intramolecular Hbond substituents is 1. The fraction of sp³-hybridized carbons (Fsp3) is 0.133. The maximum Gasteiger partial charge on any atom is 0.142 e. The molecule has 0 unspecified atom stereocenters. The van der Waals surface area contributed by atoms with Crippen molar-refractivity contribution in [1.82, 2.24) is 9.97 Å². The Balaban J connectivity index is 2.10. The fourth-order valence-electron chi connectivity index (χ4n) is 2.08. The fourth-order valence-corrected chi connectivity index (χ4v) is 2.08. The van der Waals surface area contributed by atoms with Gasteiger partial charge in [-0.2, -0.15) is 0 Å². The van der Waals surface area contributed by atoms with E-state index in [9.17, 15) is 5.11 Å². The summed E-state index contributed by atoms with van der Waals surface area (Å²) in [6, 6.07) is 10.7. The number of rotatable bonds is 3. The second kappa shape index (κ2) is 4.77. The zero-order valence-electron chi connectivity index (χ0n) is 11.2. The standard InChI is InChI=1S/C15H14N2O3/c1-19-9-4-6-12-13(7-9)17-15(16-12)11-5-3-10(20-2)8-14(11)18/h3-8,18H,1-2H3,(H,16,17). The number of aromatic nitrogens is 2. The molecule has 0 saturated carbocycles. The van der Waals surface area contributed by atoms with Crippen LogP contribution in [-0.4, -0.2) is 29.3 Å². The van der Waals surface area contributed by atoms with Crippen molar-refractivity contribution in [1.29, 1.82) is 0 Å². The van der Waals surface area contributed by atoms with Crippen molar-refractivity contribution in [3.05, 3.63) is 36.4 Å². The molecule has 0 spiro atoms. The number of nitrogens with zero attached hydrogens (tertiary/aromatic N) is 1. The molecule has 102 valence electrons. The number of nitrogens with one attached hydrogen (secondary N) is 1. The molecule has 5 nitrogen and oxygen atoms in total. The molecule has 3 rings (SSSR count).